The van der Waals surface area contributed by atoms with Crippen molar-refractivity contribution in [3.8, 4) is 0 Å². The summed E-state index contributed by atoms with van der Waals surface area (Å²) in [5.41, 5.74) is 5.66. The quantitative estimate of drug-likeness (QED) is 0.785. The number of benzene rings is 1. The van der Waals surface area contributed by atoms with Gasteiger partial charge in [0.25, 0.3) is 0 Å². The first-order valence-corrected chi connectivity index (χ1v) is 7.98. The van der Waals surface area contributed by atoms with Crippen LogP contribution in [0.15, 0.2) is 18.2 Å². The van der Waals surface area contributed by atoms with Gasteiger partial charge in [-0.1, -0.05) is 42.5 Å². The lowest BCUT2D eigenvalue weighted by Gasteiger charge is -2.31. The minimum atomic E-state index is -0.855. The summed E-state index contributed by atoms with van der Waals surface area (Å²) in [5.74, 6) is -0.656. The van der Waals surface area contributed by atoms with E-state index >= 15 is 0 Å². The summed E-state index contributed by atoms with van der Waals surface area (Å²) >= 11 is 11.8. The van der Waals surface area contributed by atoms with Gasteiger partial charge in [0, 0.05) is 5.02 Å². The first-order chi connectivity index (χ1) is 10.4. The summed E-state index contributed by atoms with van der Waals surface area (Å²) < 4.78 is 0. The molecule has 2 rings (SSSR count). The Bertz CT molecular complexity index is 572. The van der Waals surface area contributed by atoms with Crippen LogP contribution in [-0.4, -0.2) is 23.9 Å². The van der Waals surface area contributed by atoms with Crippen LogP contribution in [0.4, 0.5) is 5.69 Å². The zero-order chi connectivity index (χ0) is 16.2. The molecule has 1 aliphatic rings. The monoisotopic (exact) mass is 343 g/mol. The van der Waals surface area contributed by atoms with Gasteiger partial charge in [0.1, 0.15) is 0 Å². The fourth-order valence-electron chi connectivity index (χ4n) is 2.53. The summed E-state index contributed by atoms with van der Waals surface area (Å²) in [4.78, 5) is 24.0. The summed E-state index contributed by atoms with van der Waals surface area (Å²) in [7, 11) is 0. The van der Waals surface area contributed by atoms with E-state index in [1.54, 1.807) is 18.2 Å². The number of halogens is 2. The van der Waals surface area contributed by atoms with Gasteiger partial charge >= 0.3 is 0 Å². The molecule has 0 saturated heterocycles. The summed E-state index contributed by atoms with van der Waals surface area (Å²) in [5, 5.41) is 6.05. The first kappa shape index (κ1) is 17.1. The number of carbonyl (C=O) groups is 2. The summed E-state index contributed by atoms with van der Waals surface area (Å²) in [6.07, 6.45) is 4.28. The average molecular weight is 344 g/mol. The maximum atomic E-state index is 12.1. The number of anilines is 1. The van der Waals surface area contributed by atoms with Gasteiger partial charge < -0.3 is 16.4 Å². The van der Waals surface area contributed by atoms with E-state index in [-0.39, 0.29) is 18.4 Å². The molecule has 0 atom stereocenters. The number of amides is 2. The summed E-state index contributed by atoms with van der Waals surface area (Å²) in [6.45, 7) is -0.152. The topological polar surface area (TPSA) is 84.2 Å². The lowest BCUT2D eigenvalue weighted by molar-refractivity contribution is -0.129. The molecule has 1 aromatic carbocycles. The van der Waals surface area contributed by atoms with E-state index < -0.39 is 5.54 Å². The molecule has 1 aromatic rings. The maximum Gasteiger partial charge on any atom is 0.243 e. The molecule has 0 radical (unpaired) electrons. The second kappa shape index (κ2) is 7.31. The van der Waals surface area contributed by atoms with E-state index in [1.807, 2.05) is 0 Å². The van der Waals surface area contributed by atoms with Gasteiger partial charge in [0.2, 0.25) is 11.8 Å². The lowest BCUT2D eigenvalue weighted by Crippen LogP contribution is -2.56. The molecule has 1 aliphatic carbocycles. The van der Waals surface area contributed by atoms with Crippen LogP contribution in [0.1, 0.15) is 32.1 Å². The van der Waals surface area contributed by atoms with Crippen molar-refractivity contribution in [1.82, 2.24) is 5.32 Å². The Kier molecular flexibility index (Phi) is 5.67. The lowest BCUT2D eigenvalue weighted by atomic mass is 9.82. The minimum absolute atomic E-state index is 0.152. The maximum absolute atomic E-state index is 12.1. The highest BCUT2D eigenvalue weighted by atomic mass is 35.5. The van der Waals surface area contributed by atoms with Crippen molar-refractivity contribution < 1.29 is 9.59 Å². The van der Waals surface area contributed by atoms with E-state index in [0.29, 0.717) is 28.6 Å². The Morgan fingerprint density at radius 3 is 2.55 bits per heavy atom. The van der Waals surface area contributed by atoms with Crippen LogP contribution >= 0.6 is 23.2 Å². The normalized spacial score (nSPS) is 16.9. The third-order valence-corrected chi connectivity index (χ3v) is 4.37. The van der Waals surface area contributed by atoms with Gasteiger partial charge in [-0.2, -0.15) is 0 Å². The van der Waals surface area contributed by atoms with Crippen molar-refractivity contribution in [3.63, 3.8) is 0 Å². The molecule has 22 heavy (non-hydrogen) atoms. The van der Waals surface area contributed by atoms with Crippen LogP contribution in [-0.2, 0) is 9.59 Å². The predicted molar refractivity (Wildman–Crippen MR) is 88.1 cm³/mol. The van der Waals surface area contributed by atoms with E-state index in [2.05, 4.69) is 10.6 Å². The second-order valence-corrected chi connectivity index (χ2v) is 6.42. The van der Waals surface area contributed by atoms with Gasteiger partial charge in [0.05, 0.1) is 22.8 Å². The van der Waals surface area contributed by atoms with Crippen LogP contribution in [0.5, 0.6) is 0 Å². The van der Waals surface area contributed by atoms with Gasteiger partial charge in [-0.05, 0) is 31.0 Å². The zero-order valence-electron chi connectivity index (χ0n) is 12.1. The highest BCUT2D eigenvalue weighted by Gasteiger charge is 2.35. The fourth-order valence-corrected chi connectivity index (χ4v) is 2.87. The Labute approximate surface area is 139 Å². The van der Waals surface area contributed by atoms with E-state index in [1.165, 1.54) is 0 Å². The standard InChI is InChI=1S/C15H19Cl2N3O2/c16-10-4-5-11(17)12(8-10)20-13(21)9-19-14(22)15(18)6-2-1-3-7-15/h4-5,8H,1-3,6-7,9,18H2,(H,19,22)(H,20,21). The molecule has 0 bridgehead atoms. The van der Waals surface area contributed by atoms with Crippen molar-refractivity contribution in [1.29, 1.82) is 0 Å². The number of nitrogens with two attached hydrogens (primary N) is 1. The van der Waals surface area contributed by atoms with Crippen molar-refractivity contribution in [3.05, 3.63) is 28.2 Å². The fraction of sp³-hybridized carbons (Fsp3) is 0.467. The largest absolute Gasteiger partial charge is 0.345 e. The van der Waals surface area contributed by atoms with Crippen LogP contribution in [0.25, 0.3) is 0 Å². The number of rotatable bonds is 4. The zero-order valence-corrected chi connectivity index (χ0v) is 13.6. The Morgan fingerprint density at radius 2 is 1.86 bits per heavy atom. The molecule has 2 amide bonds. The molecule has 0 heterocycles. The Hall–Kier alpha value is -1.30. The van der Waals surface area contributed by atoms with Gasteiger partial charge in [-0.25, -0.2) is 0 Å². The third-order valence-electron chi connectivity index (χ3n) is 3.81. The number of hydrogen-bond donors (Lipinski definition) is 3. The minimum Gasteiger partial charge on any atom is -0.345 e. The van der Waals surface area contributed by atoms with Crippen LogP contribution in [0, 0.1) is 0 Å². The molecule has 4 N–H and O–H groups in total. The highest BCUT2D eigenvalue weighted by Crippen LogP contribution is 2.26. The van der Waals surface area contributed by atoms with Crippen molar-refractivity contribution in [2.75, 3.05) is 11.9 Å². The molecular weight excluding hydrogens is 325 g/mol. The summed E-state index contributed by atoms with van der Waals surface area (Å²) in [6, 6.07) is 4.77. The van der Waals surface area contributed by atoms with Crippen LogP contribution in [0.2, 0.25) is 10.0 Å². The van der Waals surface area contributed by atoms with Gasteiger partial charge in [0.15, 0.2) is 0 Å². The van der Waals surface area contributed by atoms with Gasteiger partial charge in [-0.15, -0.1) is 0 Å². The second-order valence-electron chi connectivity index (χ2n) is 5.57. The van der Waals surface area contributed by atoms with E-state index in [4.69, 9.17) is 28.9 Å². The Balaban J connectivity index is 1.87. The smallest absolute Gasteiger partial charge is 0.243 e. The number of carbonyl (C=O) groups excluding carboxylic acids is 2. The molecule has 120 valence electrons. The van der Waals surface area contributed by atoms with Crippen LogP contribution in [0.3, 0.4) is 0 Å². The molecule has 1 fully saturated rings. The van der Waals surface area contributed by atoms with Crippen molar-refractivity contribution in [2.24, 2.45) is 5.73 Å². The SMILES string of the molecule is NC1(C(=O)NCC(=O)Nc2cc(Cl)ccc2Cl)CCCCC1. The molecule has 1 saturated carbocycles. The molecule has 0 unspecified atom stereocenters. The molecule has 0 aromatic heterocycles. The highest BCUT2D eigenvalue weighted by molar-refractivity contribution is 6.35. The molecule has 0 aliphatic heterocycles. The number of hydrogen-bond acceptors (Lipinski definition) is 3. The van der Waals surface area contributed by atoms with Crippen molar-refractivity contribution in [2.45, 2.75) is 37.6 Å². The predicted octanol–water partition coefficient (Wildman–Crippen LogP) is 2.71. The first-order valence-electron chi connectivity index (χ1n) is 7.23. The Morgan fingerprint density at radius 1 is 1.18 bits per heavy atom. The number of nitrogens with one attached hydrogen (secondary N) is 2. The molecule has 0 spiro atoms. The molecule has 7 heteroatoms. The van der Waals surface area contributed by atoms with Crippen LogP contribution < -0.4 is 16.4 Å². The average Bonchev–Trinajstić information content (AvgIpc) is 2.49. The van der Waals surface area contributed by atoms with E-state index in [9.17, 15) is 9.59 Å². The van der Waals surface area contributed by atoms with E-state index in [0.717, 1.165) is 19.3 Å². The van der Waals surface area contributed by atoms with Gasteiger partial charge in [-0.3, -0.25) is 9.59 Å². The molecule has 5 nitrogen and oxygen atoms in total. The van der Waals surface area contributed by atoms with Crippen molar-refractivity contribution >= 4 is 40.7 Å². The third kappa shape index (κ3) is 4.35. The molecular formula is C15H19Cl2N3O2.